The first-order valence-electron chi connectivity index (χ1n) is 9.06. The van der Waals surface area contributed by atoms with Crippen molar-refractivity contribution in [1.29, 1.82) is 0 Å². The first-order chi connectivity index (χ1) is 11.1. The van der Waals surface area contributed by atoms with Crippen LogP contribution in [-0.4, -0.2) is 64.5 Å². The van der Waals surface area contributed by atoms with E-state index in [0.29, 0.717) is 6.42 Å². The van der Waals surface area contributed by atoms with Gasteiger partial charge in [0.15, 0.2) is 0 Å². The quantitative estimate of drug-likeness (QED) is 0.777. The van der Waals surface area contributed by atoms with Crippen molar-refractivity contribution in [3.8, 4) is 0 Å². The maximum atomic E-state index is 12.4. The fourth-order valence-corrected chi connectivity index (χ4v) is 5.44. The molecule has 1 N–H and O–H groups in total. The predicted molar refractivity (Wildman–Crippen MR) is 93.3 cm³/mol. The molecule has 3 aliphatic heterocycles. The number of fused-ring (bicyclic) bond motifs is 1. The van der Waals surface area contributed by atoms with Crippen molar-refractivity contribution in [2.45, 2.75) is 62.8 Å². The fraction of sp³-hybridized carbons (Fsp3) is 0.882. The number of amides is 2. The highest BCUT2D eigenvalue weighted by atomic mass is 32.2. The Balaban J connectivity index is 1.40. The second-order valence-corrected chi connectivity index (χ2v) is 8.67. The van der Waals surface area contributed by atoms with Gasteiger partial charge in [-0.25, -0.2) is 0 Å². The van der Waals surface area contributed by atoms with Gasteiger partial charge in [0.1, 0.15) is 6.04 Å². The number of nitrogens with one attached hydrogen (secondary N) is 1. The lowest BCUT2D eigenvalue weighted by molar-refractivity contribution is -0.137. The molecule has 0 radical (unpaired) electrons. The molecule has 3 aliphatic rings. The summed E-state index contributed by atoms with van der Waals surface area (Å²) in [6.45, 7) is 6.28. The Hall–Kier alpha value is -0.750. The number of likely N-dealkylation sites (tertiary alicyclic amines) is 1. The number of carbonyl (C=O) groups is 2. The molecule has 3 heterocycles. The third-order valence-corrected chi connectivity index (χ3v) is 6.90. The Morgan fingerprint density at radius 2 is 2.04 bits per heavy atom. The average Bonchev–Trinajstić information content (AvgIpc) is 2.89. The summed E-state index contributed by atoms with van der Waals surface area (Å²) in [5.74, 6) is 0.912. The van der Waals surface area contributed by atoms with E-state index in [2.05, 4.69) is 17.1 Å². The van der Waals surface area contributed by atoms with Gasteiger partial charge in [0.05, 0.1) is 4.87 Å². The van der Waals surface area contributed by atoms with Crippen LogP contribution in [0, 0.1) is 0 Å². The molecule has 0 aromatic rings. The molecule has 0 spiro atoms. The lowest BCUT2D eigenvalue weighted by atomic mass is 10.2. The van der Waals surface area contributed by atoms with E-state index >= 15 is 0 Å². The van der Waals surface area contributed by atoms with E-state index < -0.39 is 0 Å². The van der Waals surface area contributed by atoms with Gasteiger partial charge >= 0.3 is 0 Å². The van der Waals surface area contributed by atoms with Crippen molar-refractivity contribution in [3.05, 3.63) is 0 Å². The summed E-state index contributed by atoms with van der Waals surface area (Å²) in [4.78, 5) is 28.7. The molecule has 0 bridgehead atoms. The lowest BCUT2D eigenvalue weighted by Gasteiger charge is -2.30. The Morgan fingerprint density at radius 3 is 2.78 bits per heavy atom. The molecule has 2 unspecified atom stereocenters. The van der Waals surface area contributed by atoms with Gasteiger partial charge < -0.3 is 15.1 Å². The van der Waals surface area contributed by atoms with Gasteiger partial charge in [0.2, 0.25) is 11.8 Å². The van der Waals surface area contributed by atoms with Gasteiger partial charge in [0.25, 0.3) is 0 Å². The summed E-state index contributed by atoms with van der Waals surface area (Å²) in [6.07, 6.45) is 7.78. The van der Waals surface area contributed by atoms with E-state index in [0.717, 1.165) is 31.7 Å². The van der Waals surface area contributed by atoms with Gasteiger partial charge in [-0.1, -0.05) is 12.8 Å². The Labute approximate surface area is 143 Å². The highest BCUT2D eigenvalue weighted by Crippen LogP contribution is 2.47. The summed E-state index contributed by atoms with van der Waals surface area (Å²) in [5, 5.41) is 3.06. The summed E-state index contributed by atoms with van der Waals surface area (Å²) < 4.78 is 0. The number of hydrogen-bond acceptors (Lipinski definition) is 4. The van der Waals surface area contributed by atoms with Crippen LogP contribution in [-0.2, 0) is 9.59 Å². The van der Waals surface area contributed by atoms with Crippen molar-refractivity contribution in [2.24, 2.45) is 0 Å². The number of rotatable bonds is 5. The van der Waals surface area contributed by atoms with E-state index in [9.17, 15) is 9.59 Å². The summed E-state index contributed by atoms with van der Waals surface area (Å²) in [6, 6.07) is -0.266. The number of thioether (sulfide) groups is 1. The smallest absolute Gasteiger partial charge is 0.243 e. The molecule has 0 saturated carbocycles. The van der Waals surface area contributed by atoms with Crippen LogP contribution in [0.3, 0.4) is 0 Å². The zero-order valence-electron chi connectivity index (χ0n) is 14.2. The van der Waals surface area contributed by atoms with Crippen molar-refractivity contribution < 1.29 is 9.59 Å². The number of hydrogen-bond donors (Lipinski definition) is 1. The zero-order valence-corrected chi connectivity index (χ0v) is 15.0. The highest BCUT2D eigenvalue weighted by molar-refractivity contribution is 8.01. The van der Waals surface area contributed by atoms with E-state index in [1.807, 2.05) is 4.90 Å². The van der Waals surface area contributed by atoms with E-state index in [1.54, 1.807) is 11.8 Å². The van der Waals surface area contributed by atoms with Crippen molar-refractivity contribution in [2.75, 3.05) is 31.9 Å². The van der Waals surface area contributed by atoms with Gasteiger partial charge in [-0.05, 0) is 52.2 Å². The molecule has 3 rings (SSSR count). The van der Waals surface area contributed by atoms with Gasteiger partial charge in [-0.3, -0.25) is 9.59 Å². The molecule has 2 atom stereocenters. The van der Waals surface area contributed by atoms with E-state index in [-0.39, 0.29) is 22.7 Å². The van der Waals surface area contributed by atoms with Gasteiger partial charge in [0, 0.05) is 18.7 Å². The molecular formula is C17H29N3O2S. The van der Waals surface area contributed by atoms with Crippen molar-refractivity contribution in [1.82, 2.24) is 15.1 Å². The molecule has 0 aromatic carbocycles. The van der Waals surface area contributed by atoms with E-state index in [4.69, 9.17) is 0 Å². The second-order valence-electron chi connectivity index (χ2n) is 7.17. The SMILES string of the molecule is CC12CCC(=O)N1C(C(=O)NCCCN1CCCCCC1)CS2. The van der Waals surface area contributed by atoms with Crippen molar-refractivity contribution in [3.63, 3.8) is 0 Å². The van der Waals surface area contributed by atoms with Crippen LogP contribution < -0.4 is 5.32 Å². The van der Waals surface area contributed by atoms with Gasteiger partial charge in [-0.2, -0.15) is 0 Å². The largest absolute Gasteiger partial charge is 0.354 e. The summed E-state index contributed by atoms with van der Waals surface area (Å²) >= 11 is 1.76. The highest BCUT2D eigenvalue weighted by Gasteiger charge is 2.52. The molecule has 3 fully saturated rings. The minimum atomic E-state index is -0.266. The minimum Gasteiger partial charge on any atom is -0.354 e. The topological polar surface area (TPSA) is 52.7 Å². The average molecular weight is 340 g/mol. The predicted octanol–water partition coefficient (Wildman–Crippen LogP) is 1.82. The molecule has 3 saturated heterocycles. The van der Waals surface area contributed by atoms with Crippen LogP contribution in [0.15, 0.2) is 0 Å². The van der Waals surface area contributed by atoms with Gasteiger partial charge in [-0.15, -0.1) is 11.8 Å². The maximum Gasteiger partial charge on any atom is 0.243 e. The molecule has 2 amide bonds. The van der Waals surface area contributed by atoms with Crippen LogP contribution in [0.1, 0.15) is 51.9 Å². The maximum absolute atomic E-state index is 12.4. The van der Waals surface area contributed by atoms with Crippen LogP contribution in [0.5, 0.6) is 0 Å². The first kappa shape index (κ1) is 17.1. The first-order valence-corrected chi connectivity index (χ1v) is 10.0. The monoisotopic (exact) mass is 339 g/mol. The molecular weight excluding hydrogens is 310 g/mol. The lowest BCUT2D eigenvalue weighted by Crippen LogP contribution is -2.50. The molecule has 6 heteroatoms. The molecule has 130 valence electrons. The fourth-order valence-electron chi connectivity index (χ4n) is 4.01. The Kier molecular flexibility index (Phi) is 5.52. The molecule has 0 aromatic heterocycles. The van der Waals surface area contributed by atoms with Crippen LogP contribution in [0.4, 0.5) is 0 Å². The number of nitrogens with zero attached hydrogens (tertiary/aromatic N) is 2. The van der Waals surface area contributed by atoms with Crippen LogP contribution in [0.2, 0.25) is 0 Å². The normalized spacial score (nSPS) is 32.0. The van der Waals surface area contributed by atoms with Crippen LogP contribution in [0.25, 0.3) is 0 Å². The zero-order chi connectivity index (χ0) is 16.3. The van der Waals surface area contributed by atoms with E-state index in [1.165, 1.54) is 38.8 Å². The third kappa shape index (κ3) is 3.85. The van der Waals surface area contributed by atoms with Crippen LogP contribution >= 0.6 is 11.8 Å². The van der Waals surface area contributed by atoms with Crippen molar-refractivity contribution >= 4 is 23.6 Å². The summed E-state index contributed by atoms with van der Waals surface area (Å²) in [5.41, 5.74) is 0. The summed E-state index contributed by atoms with van der Waals surface area (Å²) in [7, 11) is 0. The number of carbonyl (C=O) groups excluding carboxylic acids is 2. The second kappa shape index (κ2) is 7.43. The Bertz CT molecular complexity index is 451. The Morgan fingerprint density at radius 1 is 1.30 bits per heavy atom. The third-order valence-electron chi connectivity index (χ3n) is 5.40. The molecule has 23 heavy (non-hydrogen) atoms. The molecule has 0 aliphatic carbocycles. The molecule has 5 nitrogen and oxygen atoms in total. The minimum absolute atomic E-state index is 0.0346. The standard InChI is InChI=1S/C17H29N3O2S/c1-17-8-7-15(21)20(17)14(13-23-17)16(22)18-9-6-12-19-10-4-2-3-5-11-19/h14H,2-13H2,1H3,(H,18,22).